The average molecular weight is 967 g/mol. The van der Waals surface area contributed by atoms with Crippen LogP contribution in [-0.2, 0) is 38.1 Å². The third kappa shape index (κ3) is 10.2. The number of aromatic hydroxyl groups is 1. The lowest BCUT2D eigenvalue weighted by Crippen LogP contribution is -2.46. The Morgan fingerprint density at radius 2 is 1.62 bits per heavy atom. The van der Waals surface area contributed by atoms with E-state index in [4.69, 9.17) is 28.4 Å². The molecule has 0 spiro atoms. The topological polar surface area (TPSA) is 263 Å². The van der Waals surface area contributed by atoms with Crippen molar-refractivity contribution in [1.29, 1.82) is 0 Å². The van der Waals surface area contributed by atoms with Gasteiger partial charge >= 0.3 is 11.8 Å². The molecule has 1 fully saturated rings. The van der Waals surface area contributed by atoms with E-state index < -0.39 is 136 Å². The molecule has 6 aliphatic rings. The SMILES string of the molecule is CO[C@H]1/C=C/O[C@@]2(C)Oc3c(C)c(O)c4c(c3C2=O)C(=O)C(SCCNC(=O)C2=C[C@H]3OC(C)(C)O[C@H]3[C@H](O)C2)=C(NC(=O)/C(C)=C\C=C\[C@H](C)[C@H](O)[C@@H](C)[C@@H](O)[C@@H](C)[C@H](OC(C)=O)[C@@H]1C)C4=O. The smallest absolute Gasteiger partial charge is 0.312 e. The molecular formula is C49H62N2O16S. The Hall–Kier alpha value is -5.15. The second kappa shape index (κ2) is 20.4. The van der Waals surface area contributed by atoms with E-state index in [-0.39, 0.29) is 51.6 Å². The van der Waals surface area contributed by atoms with Gasteiger partial charge in [-0.25, -0.2) is 0 Å². The Morgan fingerprint density at radius 3 is 2.28 bits per heavy atom. The highest BCUT2D eigenvalue weighted by atomic mass is 32.2. The minimum atomic E-state index is -2.15. The van der Waals surface area contributed by atoms with Gasteiger partial charge in [0.05, 0.1) is 52.3 Å². The largest absolute Gasteiger partial charge is 0.507 e. The number of phenols is 1. The molecule has 2 aliphatic carbocycles. The Morgan fingerprint density at radius 1 is 0.926 bits per heavy atom. The van der Waals surface area contributed by atoms with Crippen molar-refractivity contribution in [2.45, 2.75) is 130 Å². The van der Waals surface area contributed by atoms with Crippen molar-refractivity contribution in [3.63, 3.8) is 0 Å². The van der Waals surface area contributed by atoms with Crippen LogP contribution in [-0.4, -0.2) is 129 Å². The minimum absolute atomic E-state index is 0.00105. The van der Waals surface area contributed by atoms with Crippen molar-refractivity contribution in [2.75, 3.05) is 19.4 Å². The maximum Gasteiger partial charge on any atom is 0.312 e. The number of carbonyl (C=O) groups excluding carboxylic acids is 6. The van der Waals surface area contributed by atoms with Crippen molar-refractivity contribution >= 4 is 46.9 Å². The van der Waals surface area contributed by atoms with E-state index in [1.54, 1.807) is 53.7 Å². The van der Waals surface area contributed by atoms with Gasteiger partial charge in [-0.15, -0.1) is 11.8 Å². The summed E-state index contributed by atoms with van der Waals surface area (Å²) in [6.45, 7) is 15.5. The van der Waals surface area contributed by atoms with Crippen LogP contribution in [0.5, 0.6) is 11.5 Å². The van der Waals surface area contributed by atoms with Crippen LogP contribution in [0.25, 0.3) is 0 Å². The minimum Gasteiger partial charge on any atom is -0.507 e. The maximum atomic E-state index is 14.8. The number of nitrogens with one attached hydrogen (secondary N) is 2. The number of ketones is 3. The summed E-state index contributed by atoms with van der Waals surface area (Å²) in [6, 6.07) is 0. The highest BCUT2D eigenvalue weighted by Gasteiger charge is 2.53. The Kier molecular flexibility index (Phi) is 15.7. The van der Waals surface area contributed by atoms with Crippen LogP contribution in [0.4, 0.5) is 0 Å². The normalized spacial score (nSPS) is 34.7. The number of benzene rings is 1. The molecule has 0 saturated carbocycles. The molecular weight excluding hydrogens is 905 g/mol. The van der Waals surface area contributed by atoms with Crippen molar-refractivity contribution in [3.05, 3.63) is 80.6 Å². The van der Waals surface area contributed by atoms with Gasteiger partial charge in [0.15, 0.2) is 5.79 Å². The number of thioether (sulfide) groups is 1. The quantitative estimate of drug-likeness (QED) is 0.167. The summed E-state index contributed by atoms with van der Waals surface area (Å²) in [4.78, 5) is 83.2. The van der Waals surface area contributed by atoms with Gasteiger partial charge < -0.3 is 59.5 Å². The molecule has 7 rings (SSSR count). The Bertz CT molecular complexity index is 2400. The first-order valence-corrected chi connectivity index (χ1v) is 23.5. The summed E-state index contributed by atoms with van der Waals surface area (Å²) in [5.74, 6) is -11.3. The lowest BCUT2D eigenvalue weighted by atomic mass is 9.78. The molecule has 5 bridgehead atoms. The molecule has 1 aromatic carbocycles. The molecule has 4 heterocycles. The average Bonchev–Trinajstić information content (AvgIpc) is 3.75. The molecule has 370 valence electrons. The summed E-state index contributed by atoms with van der Waals surface area (Å²) in [5, 5.41) is 50.6. The van der Waals surface area contributed by atoms with Crippen molar-refractivity contribution in [3.8, 4) is 11.5 Å². The number of amides is 2. The van der Waals surface area contributed by atoms with Gasteiger partial charge in [0.25, 0.3) is 11.7 Å². The van der Waals surface area contributed by atoms with Crippen LogP contribution >= 0.6 is 11.8 Å². The fourth-order valence-electron chi connectivity index (χ4n) is 9.25. The van der Waals surface area contributed by atoms with Crippen LogP contribution < -0.4 is 15.4 Å². The number of rotatable bonds is 7. The van der Waals surface area contributed by atoms with Gasteiger partial charge in [-0.2, -0.15) is 0 Å². The number of carbonyl (C=O) groups is 6. The number of aliphatic hydroxyl groups excluding tert-OH is 3. The number of methoxy groups -OCH3 is 1. The summed E-state index contributed by atoms with van der Waals surface area (Å²) in [5.41, 5.74) is -1.54. The van der Waals surface area contributed by atoms with Crippen LogP contribution in [0.1, 0.15) is 105 Å². The Labute approximate surface area is 399 Å². The van der Waals surface area contributed by atoms with Crippen molar-refractivity contribution in [2.24, 2.45) is 23.7 Å². The second-order valence-electron chi connectivity index (χ2n) is 18.6. The summed E-state index contributed by atoms with van der Waals surface area (Å²) < 4.78 is 35.2. The molecule has 12 atom stereocenters. The standard InChI is InChI=1S/C49H62N2O16S/c1-21-13-12-14-22(2)46(60)51-35-39(57)33-32(40(58)44(35)68-18-16-50-47(61)28-19-29(53)43-31(20-28)65-48(8,9)66-43)34-42(26(6)38(33)56)67-49(10,45(34)59)63-17-15-30(62-11)23(3)41(64-27(7)52)25(5)37(55)24(4)36(21)54/h12-15,17,20-21,23-25,29-31,36-37,41,43,53-56H,16,18-19H2,1-11H3,(H,50,61)(H,51,60)/b13-12+,17-15+,22-14-/t21-,23+,24+,25+,29+,30-,31+,36-,37+,41+,43-,49-/m0/s1. The molecule has 0 unspecified atom stereocenters. The zero-order chi connectivity index (χ0) is 50.3. The lowest BCUT2D eigenvalue weighted by molar-refractivity contribution is -0.160. The number of esters is 1. The van der Waals surface area contributed by atoms with Crippen molar-refractivity contribution in [1.82, 2.24) is 10.6 Å². The van der Waals surface area contributed by atoms with Crippen molar-refractivity contribution < 1.29 is 77.6 Å². The molecule has 6 N–H and O–H groups in total. The summed E-state index contributed by atoms with van der Waals surface area (Å²) in [7, 11) is 1.40. The van der Waals surface area contributed by atoms with Crippen LogP contribution in [0.2, 0.25) is 0 Å². The van der Waals surface area contributed by atoms with E-state index in [1.165, 1.54) is 53.0 Å². The molecule has 19 heteroatoms. The van der Waals surface area contributed by atoms with E-state index in [2.05, 4.69) is 10.6 Å². The lowest BCUT2D eigenvalue weighted by Gasteiger charge is -2.38. The van der Waals surface area contributed by atoms with Gasteiger partial charge in [0.2, 0.25) is 17.5 Å². The number of aliphatic hydroxyl groups is 3. The summed E-state index contributed by atoms with van der Waals surface area (Å²) >= 11 is 0.820. The zero-order valence-electron chi connectivity index (χ0n) is 40.0. The van der Waals surface area contributed by atoms with Gasteiger partial charge in [0.1, 0.15) is 35.5 Å². The van der Waals surface area contributed by atoms with Crippen LogP contribution in [0, 0.1) is 30.6 Å². The highest BCUT2D eigenvalue weighted by molar-refractivity contribution is 8.04. The first-order chi connectivity index (χ1) is 31.8. The molecule has 68 heavy (non-hydrogen) atoms. The number of Topliss-reactive ketones (excluding diaryl/α,β-unsaturated/α-hetero) is 3. The van der Waals surface area contributed by atoms with Gasteiger partial charge in [-0.05, 0) is 39.8 Å². The molecule has 1 saturated heterocycles. The van der Waals surface area contributed by atoms with E-state index in [1.807, 2.05) is 0 Å². The number of hydrogen-bond acceptors (Lipinski definition) is 17. The third-order valence-electron chi connectivity index (χ3n) is 13.2. The second-order valence-corrected chi connectivity index (χ2v) is 19.7. The van der Waals surface area contributed by atoms with Gasteiger partial charge in [-0.1, -0.05) is 45.9 Å². The first-order valence-electron chi connectivity index (χ1n) is 22.5. The monoisotopic (exact) mass is 966 g/mol. The van der Waals surface area contributed by atoms with E-state index in [9.17, 15) is 49.2 Å². The molecule has 0 radical (unpaired) electrons. The summed E-state index contributed by atoms with van der Waals surface area (Å²) in [6.07, 6.45) is 2.39. The predicted molar refractivity (Wildman–Crippen MR) is 246 cm³/mol. The zero-order valence-corrected chi connectivity index (χ0v) is 40.8. The number of hydrogen-bond donors (Lipinski definition) is 6. The molecule has 0 aromatic heterocycles. The van der Waals surface area contributed by atoms with Gasteiger partial charge in [0, 0.05) is 80.1 Å². The Balaban J connectivity index is 1.37. The van der Waals surface area contributed by atoms with Gasteiger partial charge in [-0.3, -0.25) is 28.8 Å². The molecule has 4 aliphatic heterocycles. The number of ether oxygens (including phenoxy) is 6. The first kappa shape index (κ1) is 52.2. The fraction of sp³-hybridized carbons (Fsp3) is 0.551. The molecule has 1 aromatic rings. The number of phenolic OH excluding ortho intramolecular Hbond substituents is 1. The number of fused-ring (bicyclic) bond motifs is 15. The van der Waals surface area contributed by atoms with E-state index in [0.717, 1.165) is 18.0 Å². The number of allylic oxidation sites excluding steroid dienone is 4. The third-order valence-corrected chi connectivity index (χ3v) is 14.3. The highest BCUT2D eigenvalue weighted by Crippen LogP contribution is 2.49. The van der Waals surface area contributed by atoms with E-state index >= 15 is 0 Å². The maximum absolute atomic E-state index is 14.8. The van der Waals surface area contributed by atoms with E-state index in [0.29, 0.717) is 0 Å². The molecule has 18 nitrogen and oxygen atoms in total. The van der Waals surface area contributed by atoms with Crippen LogP contribution in [0.3, 0.4) is 0 Å². The predicted octanol–water partition coefficient (Wildman–Crippen LogP) is 4.02. The fourth-order valence-corrected chi connectivity index (χ4v) is 10.2. The molecule has 2 amide bonds. The van der Waals surface area contributed by atoms with Crippen LogP contribution in [0.15, 0.2) is 58.4 Å².